The topological polar surface area (TPSA) is 20.2 Å². The molecule has 13 heavy (non-hydrogen) atoms. The van der Waals surface area contributed by atoms with Crippen molar-refractivity contribution in [3.63, 3.8) is 0 Å². The van der Waals surface area contributed by atoms with E-state index in [2.05, 4.69) is 19.9 Å². The molecule has 76 valence electrons. The van der Waals surface area contributed by atoms with E-state index in [0.29, 0.717) is 5.92 Å². The zero-order valence-electron chi connectivity index (χ0n) is 9.14. The lowest BCUT2D eigenvalue weighted by atomic mass is 9.75. The lowest BCUT2D eigenvalue weighted by molar-refractivity contribution is -0.0304. The zero-order chi connectivity index (χ0) is 9.90. The molecule has 0 radical (unpaired) electrons. The highest BCUT2D eigenvalue weighted by molar-refractivity contribution is 4.98. The van der Waals surface area contributed by atoms with Gasteiger partial charge in [0.2, 0.25) is 0 Å². The Morgan fingerprint density at radius 1 is 1.46 bits per heavy atom. The van der Waals surface area contributed by atoms with Crippen molar-refractivity contribution in [1.29, 1.82) is 0 Å². The minimum absolute atomic E-state index is 0.413. The van der Waals surface area contributed by atoms with Gasteiger partial charge in [-0.15, -0.1) is 0 Å². The fourth-order valence-electron chi connectivity index (χ4n) is 2.14. The van der Waals surface area contributed by atoms with Gasteiger partial charge in [-0.05, 0) is 46.0 Å². The Morgan fingerprint density at radius 2 is 2.15 bits per heavy atom. The van der Waals surface area contributed by atoms with Gasteiger partial charge in [0.25, 0.3) is 0 Å². The Hall–Kier alpha value is -0.300. The summed E-state index contributed by atoms with van der Waals surface area (Å²) in [6.07, 6.45) is 7.96. The lowest BCUT2D eigenvalue weighted by Crippen LogP contribution is -2.37. The molecule has 1 fully saturated rings. The SMILES string of the molecule is CC(C)=CC[C@H]1CCCC[C@]1(C)O. The van der Waals surface area contributed by atoms with E-state index in [1.807, 2.05) is 6.92 Å². The molecule has 0 amide bonds. The highest BCUT2D eigenvalue weighted by Gasteiger charge is 2.33. The van der Waals surface area contributed by atoms with E-state index in [0.717, 1.165) is 12.8 Å². The smallest absolute Gasteiger partial charge is 0.0650 e. The van der Waals surface area contributed by atoms with Gasteiger partial charge in [-0.2, -0.15) is 0 Å². The molecule has 1 aliphatic carbocycles. The average molecular weight is 182 g/mol. The number of hydrogen-bond donors (Lipinski definition) is 1. The van der Waals surface area contributed by atoms with Crippen LogP contribution in [0.15, 0.2) is 11.6 Å². The first kappa shape index (κ1) is 10.8. The summed E-state index contributed by atoms with van der Waals surface area (Å²) in [5.74, 6) is 0.483. The van der Waals surface area contributed by atoms with Gasteiger partial charge >= 0.3 is 0 Å². The standard InChI is InChI=1S/C12H22O/c1-10(2)7-8-11-6-4-5-9-12(11,3)13/h7,11,13H,4-6,8-9H2,1-3H3/t11-,12+/m1/s1. The Morgan fingerprint density at radius 3 is 2.69 bits per heavy atom. The first-order valence-electron chi connectivity index (χ1n) is 5.38. The quantitative estimate of drug-likeness (QED) is 0.650. The number of rotatable bonds is 2. The van der Waals surface area contributed by atoms with Crippen LogP contribution in [-0.2, 0) is 0 Å². The molecule has 0 spiro atoms. The Labute approximate surface area is 81.9 Å². The minimum atomic E-state index is -0.413. The van der Waals surface area contributed by atoms with Crippen LogP contribution in [0.25, 0.3) is 0 Å². The van der Waals surface area contributed by atoms with Crippen molar-refractivity contribution in [3.8, 4) is 0 Å². The molecule has 0 bridgehead atoms. The molecular weight excluding hydrogens is 160 g/mol. The minimum Gasteiger partial charge on any atom is -0.390 e. The molecule has 0 aromatic heterocycles. The van der Waals surface area contributed by atoms with E-state index in [4.69, 9.17) is 0 Å². The van der Waals surface area contributed by atoms with Crippen molar-refractivity contribution in [1.82, 2.24) is 0 Å². The van der Waals surface area contributed by atoms with Crippen molar-refractivity contribution >= 4 is 0 Å². The number of hydrogen-bond acceptors (Lipinski definition) is 1. The van der Waals surface area contributed by atoms with Gasteiger partial charge in [0, 0.05) is 0 Å². The number of aliphatic hydroxyl groups is 1. The third kappa shape index (κ3) is 3.15. The van der Waals surface area contributed by atoms with Crippen LogP contribution in [0.2, 0.25) is 0 Å². The average Bonchev–Trinajstić information content (AvgIpc) is 2.01. The second-order valence-electron chi connectivity index (χ2n) is 4.82. The highest BCUT2D eigenvalue weighted by atomic mass is 16.3. The maximum Gasteiger partial charge on any atom is 0.0650 e. The largest absolute Gasteiger partial charge is 0.390 e. The summed E-state index contributed by atoms with van der Waals surface area (Å²) in [5.41, 5.74) is 0.950. The van der Waals surface area contributed by atoms with Crippen LogP contribution in [0.5, 0.6) is 0 Å². The van der Waals surface area contributed by atoms with Crippen molar-refractivity contribution in [2.45, 2.75) is 58.5 Å². The van der Waals surface area contributed by atoms with Crippen LogP contribution in [-0.4, -0.2) is 10.7 Å². The van der Waals surface area contributed by atoms with Crippen LogP contribution < -0.4 is 0 Å². The summed E-state index contributed by atoms with van der Waals surface area (Å²) >= 11 is 0. The monoisotopic (exact) mass is 182 g/mol. The van der Waals surface area contributed by atoms with Crippen LogP contribution >= 0.6 is 0 Å². The Bertz CT molecular complexity index is 187. The first-order valence-corrected chi connectivity index (χ1v) is 5.38. The third-order valence-electron chi connectivity index (χ3n) is 3.18. The summed E-state index contributed by atoms with van der Waals surface area (Å²) in [7, 11) is 0. The Balaban J connectivity index is 2.51. The van der Waals surface area contributed by atoms with Gasteiger partial charge in [-0.3, -0.25) is 0 Å². The second-order valence-corrected chi connectivity index (χ2v) is 4.82. The maximum absolute atomic E-state index is 10.1. The molecule has 0 saturated heterocycles. The Kier molecular flexibility index (Phi) is 3.55. The second kappa shape index (κ2) is 4.28. The van der Waals surface area contributed by atoms with Gasteiger partial charge in [0.1, 0.15) is 0 Å². The molecule has 1 heteroatoms. The molecule has 1 saturated carbocycles. The van der Waals surface area contributed by atoms with Gasteiger partial charge in [-0.1, -0.05) is 24.5 Å². The van der Waals surface area contributed by atoms with E-state index in [9.17, 15) is 5.11 Å². The summed E-state index contributed by atoms with van der Waals surface area (Å²) in [5, 5.41) is 10.1. The molecule has 0 aliphatic heterocycles. The zero-order valence-corrected chi connectivity index (χ0v) is 9.14. The highest BCUT2D eigenvalue weighted by Crippen LogP contribution is 2.35. The lowest BCUT2D eigenvalue weighted by Gasteiger charge is -2.36. The van der Waals surface area contributed by atoms with Crippen LogP contribution in [0.4, 0.5) is 0 Å². The van der Waals surface area contributed by atoms with Gasteiger partial charge in [0.05, 0.1) is 5.60 Å². The van der Waals surface area contributed by atoms with E-state index < -0.39 is 5.60 Å². The summed E-state index contributed by atoms with van der Waals surface area (Å²) in [6.45, 7) is 6.24. The maximum atomic E-state index is 10.1. The van der Waals surface area contributed by atoms with Crippen molar-refractivity contribution in [3.05, 3.63) is 11.6 Å². The normalized spacial score (nSPS) is 34.3. The molecule has 0 heterocycles. The van der Waals surface area contributed by atoms with E-state index in [-0.39, 0.29) is 0 Å². The van der Waals surface area contributed by atoms with Gasteiger partial charge < -0.3 is 5.11 Å². The molecule has 1 nitrogen and oxygen atoms in total. The molecule has 1 N–H and O–H groups in total. The summed E-state index contributed by atoms with van der Waals surface area (Å²) < 4.78 is 0. The fraction of sp³-hybridized carbons (Fsp3) is 0.833. The molecule has 1 rings (SSSR count). The van der Waals surface area contributed by atoms with E-state index in [1.165, 1.54) is 24.8 Å². The van der Waals surface area contributed by atoms with Crippen LogP contribution in [0.1, 0.15) is 52.9 Å². The predicted molar refractivity (Wildman–Crippen MR) is 56.6 cm³/mol. The van der Waals surface area contributed by atoms with E-state index >= 15 is 0 Å². The van der Waals surface area contributed by atoms with Gasteiger partial charge in [0.15, 0.2) is 0 Å². The summed E-state index contributed by atoms with van der Waals surface area (Å²) in [6, 6.07) is 0. The summed E-state index contributed by atoms with van der Waals surface area (Å²) in [4.78, 5) is 0. The van der Waals surface area contributed by atoms with Crippen molar-refractivity contribution < 1.29 is 5.11 Å². The number of allylic oxidation sites excluding steroid dienone is 2. The van der Waals surface area contributed by atoms with Crippen LogP contribution in [0.3, 0.4) is 0 Å². The molecule has 0 unspecified atom stereocenters. The van der Waals surface area contributed by atoms with Crippen molar-refractivity contribution in [2.24, 2.45) is 5.92 Å². The molecule has 0 aromatic carbocycles. The molecule has 0 aromatic rings. The van der Waals surface area contributed by atoms with E-state index in [1.54, 1.807) is 0 Å². The first-order chi connectivity index (χ1) is 6.02. The fourth-order valence-corrected chi connectivity index (χ4v) is 2.14. The van der Waals surface area contributed by atoms with Crippen LogP contribution in [0, 0.1) is 5.92 Å². The molecular formula is C12H22O. The third-order valence-corrected chi connectivity index (χ3v) is 3.18. The molecule has 1 aliphatic rings. The van der Waals surface area contributed by atoms with Gasteiger partial charge in [-0.25, -0.2) is 0 Å². The predicted octanol–water partition coefficient (Wildman–Crippen LogP) is 3.28. The van der Waals surface area contributed by atoms with Crippen molar-refractivity contribution in [2.75, 3.05) is 0 Å². The molecule has 2 atom stereocenters.